The molecule has 0 amide bonds. The van der Waals surface area contributed by atoms with Gasteiger partial charge >= 0.3 is 0 Å². The monoisotopic (exact) mass is 298 g/mol. The van der Waals surface area contributed by atoms with E-state index in [0.717, 1.165) is 43.1 Å². The maximum atomic E-state index is 5.99. The molecule has 102 valence electrons. The molecule has 5 heteroatoms. The second kappa shape index (κ2) is 6.94. The van der Waals surface area contributed by atoms with E-state index in [1.165, 1.54) is 0 Å². The average Bonchev–Trinajstić information content (AvgIpc) is 2.87. The fraction of sp³-hybridized carbons (Fsp3) is 0.357. The average molecular weight is 299 g/mol. The van der Waals surface area contributed by atoms with Crippen LogP contribution in [0.25, 0.3) is 11.3 Å². The topological polar surface area (TPSA) is 38.1 Å². The largest absolute Gasteiger partial charge is 0.441 e. The Morgan fingerprint density at radius 3 is 2.84 bits per heavy atom. The molecule has 0 aliphatic rings. The molecule has 1 aromatic carbocycles. The highest BCUT2D eigenvalue weighted by Crippen LogP contribution is 2.28. The van der Waals surface area contributed by atoms with Crippen LogP contribution >= 0.6 is 23.2 Å². The lowest BCUT2D eigenvalue weighted by molar-refractivity contribution is 0.493. The molecule has 0 aliphatic heterocycles. The zero-order valence-electron chi connectivity index (χ0n) is 10.7. The van der Waals surface area contributed by atoms with E-state index in [0.29, 0.717) is 10.0 Å². The molecule has 0 saturated carbocycles. The summed E-state index contributed by atoms with van der Waals surface area (Å²) in [7, 11) is 0. The Kier molecular flexibility index (Phi) is 5.25. The summed E-state index contributed by atoms with van der Waals surface area (Å²) in [6.07, 6.45) is 3.56. The molecule has 1 heterocycles. The Morgan fingerprint density at radius 1 is 1.26 bits per heavy atom. The molecule has 0 radical (unpaired) electrons. The molecule has 1 aromatic heterocycles. The normalized spacial score (nSPS) is 10.9. The minimum absolute atomic E-state index is 0.518. The predicted molar refractivity (Wildman–Crippen MR) is 78.8 cm³/mol. The SMILES string of the molecule is CCNCCCc1ncc(-c2ccc(Cl)c(Cl)c2)o1. The van der Waals surface area contributed by atoms with Crippen molar-refractivity contribution >= 4 is 23.2 Å². The van der Waals surface area contributed by atoms with E-state index in [9.17, 15) is 0 Å². The zero-order valence-corrected chi connectivity index (χ0v) is 12.3. The summed E-state index contributed by atoms with van der Waals surface area (Å²) in [4.78, 5) is 4.27. The Morgan fingerprint density at radius 2 is 2.11 bits per heavy atom. The van der Waals surface area contributed by atoms with Crippen LogP contribution in [0.2, 0.25) is 10.0 Å². The Bertz CT molecular complexity index is 540. The summed E-state index contributed by atoms with van der Waals surface area (Å²) in [6.45, 7) is 4.05. The van der Waals surface area contributed by atoms with Gasteiger partial charge in [-0.3, -0.25) is 0 Å². The second-order valence-corrected chi connectivity index (χ2v) is 5.02. The van der Waals surface area contributed by atoms with Gasteiger partial charge in [0.2, 0.25) is 0 Å². The number of benzene rings is 1. The van der Waals surface area contributed by atoms with Gasteiger partial charge < -0.3 is 9.73 Å². The van der Waals surface area contributed by atoms with Crippen molar-refractivity contribution in [2.75, 3.05) is 13.1 Å². The van der Waals surface area contributed by atoms with Crippen molar-refractivity contribution in [2.24, 2.45) is 0 Å². The van der Waals surface area contributed by atoms with Crippen molar-refractivity contribution in [3.8, 4) is 11.3 Å². The quantitative estimate of drug-likeness (QED) is 0.813. The van der Waals surface area contributed by atoms with E-state index >= 15 is 0 Å². The molecule has 0 aliphatic carbocycles. The zero-order chi connectivity index (χ0) is 13.7. The molecular formula is C14H16Cl2N2O. The highest BCUT2D eigenvalue weighted by atomic mass is 35.5. The standard InChI is InChI=1S/C14H16Cl2N2O/c1-2-17-7-3-4-14-18-9-13(19-14)10-5-6-11(15)12(16)8-10/h5-6,8-9,17H,2-4,7H2,1H3. The number of hydrogen-bond acceptors (Lipinski definition) is 3. The van der Waals surface area contributed by atoms with Crippen LogP contribution in [0.5, 0.6) is 0 Å². The van der Waals surface area contributed by atoms with Gasteiger partial charge in [-0.2, -0.15) is 0 Å². The van der Waals surface area contributed by atoms with Crippen LogP contribution in [-0.2, 0) is 6.42 Å². The molecular weight excluding hydrogens is 283 g/mol. The summed E-state index contributed by atoms with van der Waals surface area (Å²) >= 11 is 11.9. The number of nitrogens with one attached hydrogen (secondary N) is 1. The summed E-state index contributed by atoms with van der Waals surface area (Å²) in [5.41, 5.74) is 0.889. The van der Waals surface area contributed by atoms with Gasteiger partial charge in [0.25, 0.3) is 0 Å². The maximum absolute atomic E-state index is 5.99. The van der Waals surface area contributed by atoms with Gasteiger partial charge in [0.15, 0.2) is 11.7 Å². The van der Waals surface area contributed by atoms with Crippen LogP contribution in [-0.4, -0.2) is 18.1 Å². The van der Waals surface area contributed by atoms with Crippen molar-refractivity contribution < 1.29 is 4.42 Å². The number of aromatic nitrogens is 1. The molecule has 0 unspecified atom stereocenters. The number of halogens is 2. The van der Waals surface area contributed by atoms with Crippen molar-refractivity contribution in [1.29, 1.82) is 0 Å². The third-order valence-corrected chi connectivity index (χ3v) is 3.49. The predicted octanol–water partition coefficient (Wildman–Crippen LogP) is 4.19. The number of nitrogens with zero attached hydrogens (tertiary/aromatic N) is 1. The number of hydrogen-bond donors (Lipinski definition) is 1. The van der Waals surface area contributed by atoms with Gasteiger partial charge in [-0.05, 0) is 37.7 Å². The van der Waals surface area contributed by atoms with E-state index in [1.54, 1.807) is 18.3 Å². The van der Waals surface area contributed by atoms with Crippen molar-refractivity contribution in [1.82, 2.24) is 10.3 Å². The van der Waals surface area contributed by atoms with Crippen LogP contribution in [0.3, 0.4) is 0 Å². The first-order chi connectivity index (χ1) is 9.20. The summed E-state index contributed by atoms with van der Waals surface area (Å²) in [6, 6.07) is 5.41. The van der Waals surface area contributed by atoms with E-state index < -0.39 is 0 Å². The molecule has 2 rings (SSSR count). The minimum Gasteiger partial charge on any atom is -0.441 e. The first kappa shape index (κ1) is 14.4. The number of aryl methyl sites for hydroxylation is 1. The van der Waals surface area contributed by atoms with Gasteiger partial charge in [-0.1, -0.05) is 30.1 Å². The van der Waals surface area contributed by atoms with E-state index in [2.05, 4.69) is 17.2 Å². The lowest BCUT2D eigenvalue weighted by Gasteiger charge is -2.00. The fourth-order valence-corrected chi connectivity index (χ4v) is 2.05. The first-order valence-electron chi connectivity index (χ1n) is 6.31. The Balaban J connectivity index is 2.01. The summed E-state index contributed by atoms with van der Waals surface area (Å²) < 4.78 is 5.70. The lowest BCUT2D eigenvalue weighted by Crippen LogP contribution is -2.14. The minimum atomic E-state index is 0.518. The number of rotatable bonds is 6. The van der Waals surface area contributed by atoms with E-state index in [1.807, 2.05) is 6.07 Å². The van der Waals surface area contributed by atoms with Crippen molar-refractivity contribution in [2.45, 2.75) is 19.8 Å². The third-order valence-electron chi connectivity index (χ3n) is 2.75. The molecule has 0 bridgehead atoms. The number of oxazole rings is 1. The van der Waals surface area contributed by atoms with Crippen LogP contribution in [0, 0.1) is 0 Å². The Labute approximate surface area is 122 Å². The highest BCUT2D eigenvalue weighted by Gasteiger charge is 2.08. The Hall–Kier alpha value is -1.03. The molecule has 0 saturated heterocycles. The van der Waals surface area contributed by atoms with E-state index in [4.69, 9.17) is 27.6 Å². The second-order valence-electron chi connectivity index (χ2n) is 4.20. The summed E-state index contributed by atoms with van der Waals surface area (Å²) in [5, 5.41) is 4.32. The molecule has 0 fully saturated rings. The summed E-state index contributed by atoms with van der Waals surface area (Å²) in [5.74, 6) is 1.47. The van der Waals surface area contributed by atoms with Crippen LogP contribution in [0.1, 0.15) is 19.2 Å². The lowest BCUT2D eigenvalue weighted by atomic mass is 10.2. The van der Waals surface area contributed by atoms with Crippen LogP contribution in [0.4, 0.5) is 0 Å². The van der Waals surface area contributed by atoms with Gasteiger partial charge in [0, 0.05) is 12.0 Å². The maximum Gasteiger partial charge on any atom is 0.194 e. The smallest absolute Gasteiger partial charge is 0.194 e. The van der Waals surface area contributed by atoms with Gasteiger partial charge in [-0.25, -0.2) is 4.98 Å². The molecule has 0 atom stereocenters. The molecule has 1 N–H and O–H groups in total. The van der Waals surface area contributed by atoms with E-state index in [-0.39, 0.29) is 0 Å². The van der Waals surface area contributed by atoms with Gasteiger partial charge in [0.05, 0.1) is 16.2 Å². The highest BCUT2D eigenvalue weighted by molar-refractivity contribution is 6.42. The van der Waals surface area contributed by atoms with Crippen molar-refractivity contribution in [3.63, 3.8) is 0 Å². The van der Waals surface area contributed by atoms with Gasteiger partial charge in [0.1, 0.15) is 0 Å². The first-order valence-corrected chi connectivity index (χ1v) is 7.07. The molecule has 19 heavy (non-hydrogen) atoms. The third kappa shape index (κ3) is 3.96. The van der Waals surface area contributed by atoms with Gasteiger partial charge in [-0.15, -0.1) is 0 Å². The molecule has 2 aromatic rings. The molecule has 0 spiro atoms. The molecule has 3 nitrogen and oxygen atoms in total. The van der Waals surface area contributed by atoms with Crippen LogP contribution < -0.4 is 5.32 Å². The fourth-order valence-electron chi connectivity index (χ4n) is 1.75. The van der Waals surface area contributed by atoms with Crippen molar-refractivity contribution in [3.05, 3.63) is 40.3 Å². The van der Waals surface area contributed by atoms with Crippen LogP contribution in [0.15, 0.2) is 28.8 Å².